The third-order valence-electron chi connectivity index (χ3n) is 2.75. The molecule has 108 valence electrons. The summed E-state index contributed by atoms with van der Waals surface area (Å²) < 4.78 is 26.4. The predicted octanol–water partition coefficient (Wildman–Crippen LogP) is 1.45. The second kappa shape index (κ2) is 8.24. The quantitative estimate of drug-likeness (QED) is 0.674. The lowest BCUT2D eigenvalue weighted by Gasteiger charge is -2.13. The molecule has 0 radical (unpaired) electrons. The van der Waals surface area contributed by atoms with E-state index in [4.69, 9.17) is 0 Å². The van der Waals surface area contributed by atoms with E-state index in [0.29, 0.717) is 6.42 Å². The molecule has 19 heavy (non-hydrogen) atoms. The average Bonchev–Trinajstić information content (AvgIpc) is 2.39. The highest BCUT2D eigenvalue weighted by Gasteiger charge is 2.15. The number of rotatable bonds is 9. The fraction of sp³-hybridized carbons (Fsp3) is 0.615. The number of hydrogen-bond donors (Lipinski definition) is 2. The van der Waals surface area contributed by atoms with Crippen molar-refractivity contribution in [2.45, 2.75) is 32.7 Å². The number of aromatic nitrogens is 1. The molecule has 0 spiro atoms. The summed E-state index contributed by atoms with van der Waals surface area (Å²) in [6.07, 6.45) is 3.19. The van der Waals surface area contributed by atoms with Crippen LogP contribution < -0.4 is 10.0 Å². The Morgan fingerprint density at radius 1 is 1.32 bits per heavy atom. The van der Waals surface area contributed by atoms with Crippen LogP contribution in [-0.4, -0.2) is 32.2 Å². The molecule has 0 amide bonds. The second-order valence-corrected chi connectivity index (χ2v) is 6.35. The lowest BCUT2D eigenvalue weighted by molar-refractivity contribution is 0.558. The highest BCUT2D eigenvalue weighted by molar-refractivity contribution is 7.89. The standard InChI is InChI=1S/C13H23N3O2S/c1-3-14-9-6-7-11-19(17,18)16-12(2)13-8-4-5-10-15-13/h4-5,8,10,12,14,16H,3,6-7,9,11H2,1-2H3. The molecule has 0 saturated heterocycles. The van der Waals surface area contributed by atoms with Crippen LogP contribution in [0.1, 0.15) is 38.4 Å². The van der Waals surface area contributed by atoms with Crippen molar-refractivity contribution in [2.75, 3.05) is 18.8 Å². The third-order valence-corrected chi connectivity index (χ3v) is 4.29. The van der Waals surface area contributed by atoms with Gasteiger partial charge in [0.25, 0.3) is 0 Å². The molecule has 1 aromatic rings. The maximum Gasteiger partial charge on any atom is 0.212 e. The first-order valence-electron chi connectivity index (χ1n) is 6.67. The minimum Gasteiger partial charge on any atom is -0.317 e. The van der Waals surface area contributed by atoms with Gasteiger partial charge in [0, 0.05) is 6.20 Å². The lowest BCUT2D eigenvalue weighted by Crippen LogP contribution is -2.30. The highest BCUT2D eigenvalue weighted by atomic mass is 32.2. The van der Waals surface area contributed by atoms with Gasteiger partial charge in [-0.3, -0.25) is 4.98 Å². The zero-order chi connectivity index (χ0) is 14.1. The topological polar surface area (TPSA) is 71.1 Å². The first kappa shape index (κ1) is 16.1. The zero-order valence-electron chi connectivity index (χ0n) is 11.6. The Morgan fingerprint density at radius 2 is 2.11 bits per heavy atom. The van der Waals surface area contributed by atoms with Crippen LogP contribution in [0.5, 0.6) is 0 Å². The summed E-state index contributed by atoms with van der Waals surface area (Å²) in [7, 11) is -3.23. The van der Waals surface area contributed by atoms with Gasteiger partial charge < -0.3 is 5.32 Å². The molecular weight excluding hydrogens is 262 g/mol. The average molecular weight is 285 g/mol. The summed E-state index contributed by atoms with van der Waals surface area (Å²) in [6.45, 7) is 5.62. The Kier molecular flexibility index (Phi) is 6.97. The first-order chi connectivity index (χ1) is 9.05. The van der Waals surface area contributed by atoms with E-state index in [1.807, 2.05) is 25.1 Å². The van der Waals surface area contributed by atoms with Crippen molar-refractivity contribution < 1.29 is 8.42 Å². The van der Waals surface area contributed by atoms with Gasteiger partial charge in [-0.15, -0.1) is 0 Å². The van der Waals surface area contributed by atoms with Crippen LogP contribution >= 0.6 is 0 Å². The Bertz CT molecular complexity index is 448. The van der Waals surface area contributed by atoms with Crippen LogP contribution in [-0.2, 0) is 10.0 Å². The van der Waals surface area contributed by atoms with Gasteiger partial charge in [0.05, 0.1) is 17.5 Å². The summed E-state index contributed by atoms with van der Waals surface area (Å²) in [4.78, 5) is 4.15. The van der Waals surface area contributed by atoms with E-state index in [1.165, 1.54) is 0 Å². The van der Waals surface area contributed by atoms with Gasteiger partial charge in [-0.05, 0) is 45.0 Å². The molecular formula is C13H23N3O2S. The fourth-order valence-corrected chi connectivity index (χ4v) is 3.10. The zero-order valence-corrected chi connectivity index (χ0v) is 12.4. The Hall–Kier alpha value is -0.980. The monoisotopic (exact) mass is 285 g/mol. The van der Waals surface area contributed by atoms with Crippen molar-refractivity contribution in [3.05, 3.63) is 30.1 Å². The summed E-state index contributed by atoms with van der Waals surface area (Å²) in [5.41, 5.74) is 0.735. The molecule has 1 rings (SSSR count). The van der Waals surface area contributed by atoms with Crippen molar-refractivity contribution in [1.29, 1.82) is 0 Å². The first-order valence-corrected chi connectivity index (χ1v) is 8.32. The largest absolute Gasteiger partial charge is 0.317 e. The number of unbranched alkanes of at least 4 members (excludes halogenated alkanes) is 1. The van der Waals surface area contributed by atoms with Crippen LogP contribution in [0.4, 0.5) is 0 Å². The Labute approximate surface area is 115 Å². The minimum absolute atomic E-state index is 0.162. The van der Waals surface area contributed by atoms with E-state index in [9.17, 15) is 8.42 Å². The lowest BCUT2D eigenvalue weighted by atomic mass is 10.2. The molecule has 0 fully saturated rings. The van der Waals surface area contributed by atoms with E-state index in [-0.39, 0.29) is 11.8 Å². The van der Waals surface area contributed by atoms with Crippen molar-refractivity contribution >= 4 is 10.0 Å². The van der Waals surface area contributed by atoms with Gasteiger partial charge >= 0.3 is 0 Å². The maximum atomic E-state index is 11.9. The van der Waals surface area contributed by atoms with Crippen molar-refractivity contribution in [3.63, 3.8) is 0 Å². The van der Waals surface area contributed by atoms with Crippen LogP contribution in [0.2, 0.25) is 0 Å². The number of pyridine rings is 1. The van der Waals surface area contributed by atoms with E-state index < -0.39 is 10.0 Å². The molecule has 0 saturated carbocycles. The van der Waals surface area contributed by atoms with Crippen LogP contribution in [0, 0.1) is 0 Å². The van der Waals surface area contributed by atoms with E-state index in [1.54, 1.807) is 13.1 Å². The van der Waals surface area contributed by atoms with Crippen molar-refractivity contribution in [3.8, 4) is 0 Å². The molecule has 0 bridgehead atoms. The van der Waals surface area contributed by atoms with Gasteiger partial charge in [0.1, 0.15) is 0 Å². The Balaban J connectivity index is 2.38. The van der Waals surface area contributed by atoms with E-state index in [2.05, 4.69) is 15.0 Å². The number of nitrogens with one attached hydrogen (secondary N) is 2. The molecule has 1 heterocycles. The summed E-state index contributed by atoms with van der Waals surface area (Å²) >= 11 is 0. The van der Waals surface area contributed by atoms with Crippen LogP contribution in [0.15, 0.2) is 24.4 Å². The van der Waals surface area contributed by atoms with Crippen molar-refractivity contribution in [1.82, 2.24) is 15.0 Å². The molecule has 0 aliphatic carbocycles. The van der Waals surface area contributed by atoms with E-state index in [0.717, 1.165) is 25.2 Å². The normalized spacial score (nSPS) is 13.4. The van der Waals surface area contributed by atoms with Crippen molar-refractivity contribution in [2.24, 2.45) is 0 Å². The molecule has 0 aromatic carbocycles. The minimum atomic E-state index is -3.23. The maximum absolute atomic E-state index is 11.9. The summed E-state index contributed by atoms with van der Waals surface area (Å²) in [6, 6.07) is 5.19. The summed E-state index contributed by atoms with van der Waals surface area (Å²) in [5.74, 6) is 0.162. The smallest absolute Gasteiger partial charge is 0.212 e. The summed E-state index contributed by atoms with van der Waals surface area (Å²) in [5, 5.41) is 3.18. The molecule has 0 aliphatic rings. The van der Waals surface area contributed by atoms with Crippen LogP contribution in [0.3, 0.4) is 0 Å². The highest BCUT2D eigenvalue weighted by Crippen LogP contribution is 2.10. The SMILES string of the molecule is CCNCCCCS(=O)(=O)NC(C)c1ccccn1. The van der Waals surface area contributed by atoms with Gasteiger partial charge in [-0.25, -0.2) is 13.1 Å². The molecule has 1 unspecified atom stereocenters. The van der Waals surface area contributed by atoms with Gasteiger partial charge in [0.15, 0.2) is 0 Å². The van der Waals surface area contributed by atoms with E-state index >= 15 is 0 Å². The van der Waals surface area contributed by atoms with Gasteiger partial charge in [-0.1, -0.05) is 13.0 Å². The fourth-order valence-electron chi connectivity index (χ4n) is 1.74. The molecule has 6 heteroatoms. The number of sulfonamides is 1. The second-order valence-electron chi connectivity index (χ2n) is 4.47. The Morgan fingerprint density at radius 3 is 2.74 bits per heavy atom. The molecule has 1 atom stereocenters. The molecule has 0 aliphatic heterocycles. The molecule has 2 N–H and O–H groups in total. The number of nitrogens with zero attached hydrogens (tertiary/aromatic N) is 1. The predicted molar refractivity (Wildman–Crippen MR) is 77.4 cm³/mol. The molecule has 5 nitrogen and oxygen atoms in total. The van der Waals surface area contributed by atoms with Gasteiger partial charge in [0.2, 0.25) is 10.0 Å². The number of hydrogen-bond acceptors (Lipinski definition) is 4. The molecule has 1 aromatic heterocycles. The third kappa shape index (κ3) is 6.66. The van der Waals surface area contributed by atoms with Crippen LogP contribution in [0.25, 0.3) is 0 Å². The van der Waals surface area contributed by atoms with Gasteiger partial charge in [-0.2, -0.15) is 0 Å².